The highest BCUT2D eigenvalue weighted by atomic mass is 16.5. The Morgan fingerprint density at radius 1 is 1.31 bits per heavy atom. The van der Waals surface area contributed by atoms with Crippen LogP contribution in [-0.4, -0.2) is 67.8 Å². The van der Waals surface area contributed by atoms with E-state index in [2.05, 4.69) is 37.6 Å². The number of nitrogens with one attached hydrogen (secondary N) is 1. The van der Waals surface area contributed by atoms with Gasteiger partial charge in [0.15, 0.2) is 0 Å². The Morgan fingerprint density at radius 3 is 2.78 bits per heavy atom. The van der Waals surface area contributed by atoms with Gasteiger partial charge in [0.25, 0.3) is 0 Å². The van der Waals surface area contributed by atoms with Crippen molar-refractivity contribution in [3.63, 3.8) is 0 Å². The molecule has 1 amide bonds. The number of hydrogen-bond donors (Lipinski definition) is 1. The largest absolute Gasteiger partial charge is 0.383 e. The van der Waals surface area contributed by atoms with Crippen LogP contribution in [0, 0.1) is 0 Å². The van der Waals surface area contributed by atoms with Crippen molar-refractivity contribution in [3.8, 4) is 0 Å². The first-order valence-corrected chi connectivity index (χ1v) is 11.3. The molecular formula is C26H34N4O2. The Morgan fingerprint density at radius 2 is 2.06 bits per heavy atom. The van der Waals surface area contributed by atoms with Gasteiger partial charge in [0.05, 0.1) is 24.5 Å². The molecule has 0 unspecified atom stereocenters. The summed E-state index contributed by atoms with van der Waals surface area (Å²) in [5.74, 6) is 0.120. The molecule has 1 N–H and O–H groups in total. The molecule has 2 aliphatic rings. The van der Waals surface area contributed by atoms with Crippen LogP contribution in [-0.2, 0) is 14.9 Å². The molecule has 0 bridgehead atoms. The number of methoxy groups -OCH3 is 1. The standard InChI is InChI=1S/C26H34N4O2/c1-18-14-29(21(12-27-18)16-32-5)15-25(31)30-17-26(3,4)22-13-28-23(11-24(22)30)19(2)20-9-7-6-8-10-20/h6-11,13,18,21,27H,2,12,14-17H2,1,3-5H3/t18-,21-/m1/s1. The number of aromatic nitrogens is 1. The molecule has 0 spiro atoms. The van der Waals surface area contributed by atoms with E-state index in [0.29, 0.717) is 25.7 Å². The maximum Gasteiger partial charge on any atom is 0.241 e. The first-order chi connectivity index (χ1) is 15.3. The molecule has 6 heteroatoms. The fourth-order valence-corrected chi connectivity index (χ4v) is 4.77. The summed E-state index contributed by atoms with van der Waals surface area (Å²) < 4.78 is 5.40. The molecule has 170 valence electrons. The van der Waals surface area contributed by atoms with Crippen molar-refractivity contribution < 1.29 is 9.53 Å². The number of rotatable bonds is 6. The molecule has 1 aromatic heterocycles. The van der Waals surface area contributed by atoms with Crippen LogP contribution < -0.4 is 10.2 Å². The molecule has 32 heavy (non-hydrogen) atoms. The van der Waals surface area contributed by atoms with E-state index in [1.165, 1.54) is 0 Å². The monoisotopic (exact) mass is 434 g/mol. The molecule has 1 aromatic carbocycles. The van der Waals surface area contributed by atoms with E-state index in [4.69, 9.17) is 9.72 Å². The van der Waals surface area contributed by atoms with Gasteiger partial charge >= 0.3 is 0 Å². The average Bonchev–Trinajstić information content (AvgIpc) is 3.06. The Hall–Kier alpha value is -2.54. The number of nitrogens with zero attached hydrogens (tertiary/aromatic N) is 3. The predicted octanol–water partition coefficient (Wildman–Crippen LogP) is 3.08. The molecule has 0 aliphatic carbocycles. The van der Waals surface area contributed by atoms with Crippen molar-refractivity contribution in [3.05, 3.63) is 66.0 Å². The highest BCUT2D eigenvalue weighted by Crippen LogP contribution is 2.41. The Kier molecular flexibility index (Phi) is 6.47. The van der Waals surface area contributed by atoms with E-state index in [1.54, 1.807) is 7.11 Å². The van der Waals surface area contributed by atoms with Crippen LogP contribution in [0.2, 0.25) is 0 Å². The molecule has 2 aliphatic heterocycles. The second kappa shape index (κ2) is 9.14. The molecule has 0 saturated carbocycles. The van der Waals surface area contributed by atoms with Gasteiger partial charge in [-0.3, -0.25) is 14.7 Å². The number of ether oxygens (including phenoxy) is 1. The van der Waals surface area contributed by atoms with Gasteiger partial charge in [-0.1, -0.05) is 50.8 Å². The van der Waals surface area contributed by atoms with Crippen LogP contribution in [0.4, 0.5) is 5.69 Å². The van der Waals surface area contributed by atoms with E-state index >= 15 is 0 Å². The number of anilines is 1. The highest BCUT2D eigenvalue weighted by Gasteiger charge is 2.40. The van der Waals surface area contributed by atoms with Crippen LogP contribution >= 0.6 is 0 Å². The lowest BCUT2D eigenvalue weighted by Gasteiger charge is -2.39. The summed E-state index contributed by atoms with van der Waals surface area (Å²) in [7, 11) is 1.71. The van der Waals surface area contributed by atoms with Gasteiger partial charge in [-0.2, -0.15) is 0 Å². The van der Waals surface area contributed by atoms with E-state index in [-0.39, 0.29) is 17.4 Å². The third-order valence-corrected chi connectivity index (χ3v) is 6.61. The molecule has 1 fully saturated rings. The molecule has 4 rings (SSSR count). The molecular weight excluding hydrogens is 400 g/mol. The van der Waals surface area contributed by atoms with Crippen molar-refractivity contribution in [2.45, 2.75) is 38.3 Å². The number of pyridine rings is 1. The first kappa shape index (κ1) is 22.6. The zero-order chi connectivity index (χ0) is 22.9. The number of carbonyl (C=O) groups is 1. The Bertz CT molecular complexity index is 989. The maximum atomic E-state index is 13.6. The lowest BCUT2D eigenvalue weighted by atomic mass is 9.88. The molecule has 2 aromatic rings. The van der Waals surface area contributed by atoms with Crippen LogP contribution in [0.5, 0.6) is 0 Å². The maximum absolute atomic E-state index is 13.6. The normalized spacial score (nSPS) is 22.6. The van der Waals surface area contributed by atoms with Crippen LogP contribution in [0.25, 0.3) is 5.57 Å². The lowest BCUT2D eigenvalue weighted by Crippen LogP contribution is -2.59. The fraction of sp³-hybridized carbons (Fsp3) is 0.462. The van der Waals surface area contributed by atoms with Gasteiger partial charge in [-0.25, -0.2) is 0 Å². The summed E-state index contributed by atoms with van der Waals surface area (Å²) in [5.41, 5.74) is 4.62. The van der Waals surface area contributed by atoms with Gasteiger partial charge in [0.2, 0.25) is 5.91 Å². The SMILES string of the molecule is C=C(c1ccccc1)c1cc2c(cn1)C(C)(C)CN2C(=O)CN1C[C@@H](C)NC[C@@H]1COC. The lowest BCUT2D eigenvalue weighted by molar-refractivity contribution is -0.121. The number of benzene rings is 1. The van der Waals surface area contributed by atoms with Gasteiger partial charge in [-0.15, -0.1) is 0 Å². The van der Waals surface area contributed by atoms with Crippen molar-refractivity contribution in [1.29, 1.82) is 0 Å². The van der Waals surface area contributed by atoms with Crippen molar-refractivity contribution in [2.75, 3.05) is 44.8 Å². The van der Waals surface area contributed by atoms with Gasteiger partial charge < -0.3 is 15.0 Å². The number of fused-ring (bicyclic) bond motifs is 1. The number of hydrogen-bond acceptors (Lipinski definition) is 5. The molecule has 3 heterocycles. The van der Waals surface area contributed by atoms with Crippen molar-refractivity contribution >= 4 is 17.2 Å². The van der Waals surface area contributed by atoms with Crippen LogP contribution in [0.3, 0.4) is 0 Å². The van der Waals surface area contributed by atoms with E-state index < -0.39 is 0 Å². The van der Waals surface area contributed by atoms with Crippen LogP contribution in [0.15, 0.2) is 49.2 Å². The van der Waals surface area contributed by atoms with Crippen molar-refractivity contribution in [2.24, 2.45) is 0 Å². The third kappa shape index (κ3) is 4.49. The summed E-state index contributed by atoms with van der Waals surface area (Å²) in [5, 5.41) is 3.49. The summed E-state index contributed by atoms with van der Waals surface area (Å²) in [6.07, 6.45) is 1.92. The van der Waals surface area contributed by atoms with Gasteiger partial charge in [0, 0.05) is 61.6 Å². The van der Waals surface area contributed by atoms with E-state index in [1.807, 2.05) is 47.5 Å². The number of piperazine rings is 1. The zero-order valence-electron chi connectivity index (χ0n) is 19.6. The zero-order valence-corrected chi connectivity index (χ0v) is 19.6. The summed E-state index contributed by atoms with van der Waals surface area (Å²) in [6, 6.07) is 12.6. The van der Waals surface area contributed by atoms with Gasteiger partial charge in [0.1, 0.15) is 0 Å². The third-order valence-electron chi connectivity index (χ3n) is 6.61. The minimum atomic E-state index is -0.146. The number of carbonyl (C=O) groups excluding carboxylic acids is 1. The second-order valence-electron chi connectivity index (χ2n) is 9.64. The van der Waals surface area contributed by atoms with E-state index in [0.717, 1.165) is 41.2 Å². The minimum Gasteiger partial charge on any atom is -0.383 e. The summed E-state index contributed by atoms with van der Waals surface area (Å²) >= 11 is 0. The molecule has 6 nitrogen and oxygen atoms in total. The highest BCUT2D eigenvalue weighted by molar-refractivity contribution is 5.98. The smallest absolute Gasteiger partial charge is 0.241 e. The Balaban J connectivity index is 1.60. The minimum absolute atomic E-state index is 0.120. The average molecular weight is 435 g/mol. The van der Waals surface area contributed by atoms with Crippen molar-refractivity contribution in [1.82, 2.24) is 15.2 Å². The second-order valence-corrected chi connectivity index (χ2v) is 9.64. The quantitative estimate of drug-likeness (QED) is 0.757. The van der Waals surface area contributed by atoms with E-state index in [9.17, 15) is 4.79 Å². The van der Waals surface area contributed by atoms with Crippen LogP contribution in [0.1, 0.15) is 37.6 Å². The Labute approximate surface area is 191 Å². The van der Waals surface area contributed by atoms with Gasteiger partial charge in [-0.05, 0) is 18.6 Å². The topological polar surface area (TPSA) is 57.7 Å². The first-order valence-electron chi connectivity index (χ1n) is 11.3. The molecule has 0 radical (unpaired) electrons. The summed E-state index contributed by atoms with van der Waals surface area (Å²) in [4.78, 5) is 22.5. The summed E-state index contributed by atoms with van der Waals surface area (Å²) in [6.45, 7) is 14.1. The fourth-order valence-electron chi connectivity index (χ4n) is 4.77. The molecule has 2 atom stereocenters. The number of amides is 1. The predicted molar refractivity (Wildman–Crippen MR) is 129 cm³/mol. The molecule has 1 saturated heterocycles.